The maximum Gasteiger partial charge on any atom is 0.258 e. The van der Waals surface area contributed by atoms with E-state index in [2.05, 4.69) is 9.97 Å². The second kappa shape index (κ2) is 7.79. The number of hydrogen-bond acceptors (Lipinski definition) is 6. The molecule has 164 valence electrons. The number of methoxy groups -OCH3 is 1. The van der Waals surface area contributed by atoms with E-state index in [1.165, 1.54) is 0 Å². The number of carbonyl (C=O) groups excluding carboxylic acids is 1. The summed E-state index contributed by atoms with van der Waals surface area (Å²) in [6.07, 6.45) is 2.31. The number of aryl methyl sites for hydroxylation is 1. The van der Waals surface area contributed by atoms with Crippen LogP contribution in [0.25, 0.3) is 16.7 Å². The van der Waals surface area contributed by atoms with E-state index in [1.807, 2.05) is 41.0 Å². The lowest BCUT2D eigenvalue weighted by molar-refractivity contribution is 0.0739. The van der Waals surface area contributed by atoms with Crippen molar-refractivity contribution in [2.45, 2.75) is 26.8 Å². The van der Waals surface area contributed by atoms with Gasteiger partial charge in [-0.1, -0.05) is 17.7 Å². The van der Waals surface area contributed by atoms with Gasteiger partial charge in [-0.25, -0.2) is 9.97 Å². The number of aromatic nitrogens is 3. The lowest BCUT2D eigenvalue weighted by atomic mass is 10.1. The van der Waals surface area contributed by atoms with Crippen LogP contribution in [0.15, 0.2) is 29.9 Å². The first-order valence-electron chi connectivity index (χ1n) is 10.2. The highest BCUT2D eigenvalue weighted by Gasteiger charge is 2.30. The number of pyridine rings is 1. The van der Waals surface area contributed by atoms with Crippen LogP contribution >= 0.6 is 22.9 Å². The van der Waals surface area contributed by atoms with Gasteiger partial charge in [0.25, 0.3) is 5.91 Å². The molecule has 7 nitrogen and oxygen atoms in total. The monoisotopic (exact) mass is 467 g/mol. The Bertz CT molecular complexity index is 1380. The predicted molar refractivity (Wildman–Crippen MR) is 127 cm³/mol. The molecule has 0 saturated carbocycles. The zero-order valence-corrected chi connectivity index (χ0v) is 19.5. The smallest absolute Gasteiger partial charge is 0.258 e. The van der Waals surface area contributed by atoms with Crippen molar-refractivity contribution in [3.63, 3.8) is 0 Å². The summed E-state index contributed by atoms with van der Waals surface area (Å²) >= 11 is 7.86. The van der Waals surface area contributed by atoms with Crippen LogP contribution in [0.4, 0.5) is 5.82 Å². The van der Waals surface area contributed by atoms with Crippen LogP contribution in [0, 0.1) is 13.8 Å². The number of thiazole rings is 1. The van der Waals surface area contributed by atoms with Gasteiger partial charge in [-0.3, -0.25) is 9.36 Å². The Balaban J connectivity index is 1.72. The fourth-order valence-electron chi connectivity index (χ4n) is 4.44. The normalized spacial score (nSPS) is 13.4. The molecular weight excluding hydrogens is 446 g/mol. The van der Waals surface area contributed by atoms with E-state index in [4.69, 9.17) is 22.1 Å². The molecule has 5 rings (SSSR count). The molecule has 1 amide bonds. The van der Waals surface area contributed by atoms with Crippen molar-refractivity contribution < 1.29 is 9.53 Å². The zero-order valence-electron chi connectivity index (χ0n) is 18.0. The molecule has 0 fully saturated rings. The minimum atomic E-state index is -0.132. The molecular formula is C23H22ClN5O2S. The number of carbonyl (C=O) groups is 1. The van der Waals surface area contributed by atoms with Gasteiger partial charge >= 0.3 is 0 Å². The van der Waals surface area contributed by atoms with Crippen molar-refractivity contribution >= 4 is 45.7 Å². The number of nitrogen functional groups attached to an aromatic ring is 1. The molecule has 1 aliphatic heterocycles. The van der Waals surface area contributed by atoms with Gasteiger partial charge in [-0.05, 0) is 31.5 Å². The Morgan fingerprint density at radius 1 is 1.28 bits per heavy atom. The van der Waals surface area contributed by atoms with Crippen LogP contribution in [-0.4, -0.2) is 39.0 Å². The van der Waals surface area contributed by atoms with Crippen molar-refractivity contribution in [2.75, 3.05) is 19.4 Å². The number of ether oxygens (including phenoxy) is 1. The predicted octanol–water partition coefficient (Wildman–Crippen LogP) is 4.54. The molecule has 2 N–H and O–H groups in total. The van der Waals surface area contributed by atoms with Gasteiger partial charge in [-0.15, -0.1) is 11.3 Å². The molecule has 0 unspecified atom stereocenters. The first-order chi connectivity index (χ1) is 15.4. The number of benzene rings is 1. The highest BCUT2D eigenvalue weighted by molar-refractivity contribution is 7.09. The van der Waals surface area contributed by atoms with Crippen LogP contribution in [0.1, 0.15) is 32.1 Å². The summed E-state index contributed by atoms with van der Waals surface area (Å²) in [5.41, 5.74) is 13.4. The van der Waals surface area contributed by atoms with Crippen molar-refractivity contribution in [1.82, 2.24) is 19.4 Å². The molecule has 32 heavy (non-hydrogen) atoms. The molecule has 4 aromatic rings. The SMILES string of the molecule is COc1ccc(C)c(-n2c(N)c(C(=O)N3CCc4ncsc4C3)c3cc(Cl)cnc32)c1C. The van der Waals surface area contributed by atoms with Crippen molar-refractivity contribution in [2.24, 2.45) is 0 Å². The summed E-state index contributed by atoms with van der Waals surface area (Å²) in [7, 11) is 1.63. The van der Waals surface area contributed by atoms with E-state index in [-0.39, 0.29) is 5.91 Å². The molecule has 4 heterocycles. The molecule has 3 aromatic heterocycles. The van der Waals surface area contributed by atoms with Gasteiger partial charge in [0.2, 0.25) is 0 Å². The third-order valence-corrected chi connectivity index (χ3v) is 7.08. The number of amides is 1. The lowest BCUT2D eigenvalue weighted by Crippen LogP contribution is -2.35. The largest absolute Gasteiger partial charge is 0.496 e. The topological polar surface area (TPSA) is 86.3 Å². The van der Waals surface area contributed by atoms with Crippen LogP contribution < -0.4 is 10.5 Å². The third-order valence-electron chi connectivity index (χ3n) is 6.02. The maximum atomic E-state index is 13.7. The average molecular weight is 468 g/mol. The molecule has 0 atom stereocenters. The Hall–Kier alpha value is -3.10. The van der Waals surface area contributed by atoms with Crippen LogP contribution in [-0.2, 0) is 13.0 Å². The van der Waals surface area contributed by atoms with Crippen LogP contribution in [0.2, 0.25) is 5.02 Å². The Morgan fingerprint density at radius 3 is 2.88 bits per heavy atom. The van der Waals surface area contributed by atoms with Gasteiger partial charge < -0.3 is 15.4 Å². The first kappa shape index (κ1) is 20.8. The number of fused-ring (bicyclic) bond motifs is 2. The number of anilines is 1. The fourth-order valence-corrected chi connectivity index (χ4v) is 5.43. The average Bonchev–Trinajstić information content (AvgIpc) is 3.35. The second-order valence-corrected chi connectivity index (χ2v) is 9.25. The molecule has 1 aromatic carbocycles. The molecule has 0 aliphatic carbocycles. The quantitative estimate of drug-likeness (QED) is 0.478. The Kier molecular flexibility index (Phi) is 5.06. The minimum absolute atomic E-state index is 0.132. The molecule has 0 spiro atoms. The standard InChI is InChI=1S/C23H22ClN5O2S/c1-12-4-5-17(31-3)13(2)20(12)29-21(25)19(15-8-14(24)9-26-22(15)29)23(30)28-7-6-16-18(10-28)32-11-27-16/h4-5,8-9,11H,6-7,10,25H2,1-3H3. The van der Waals surface area contributed by atoms with Gasteiger partial charge in [0.1, 0.15) is 17.2 Å². The number of halogens is 1. The summed E-state index contributed by atoms with van der Waals surface area (Å²) in [5.74, 6) is 0.948. The highest BCUT2D eigenvalue weighted by atomic mass is 35.5. The Labute approximate surface area is 194 Å². The molecule has 1 aliphatic rings. The fraction of sp³-hybridized carbons (Fsp3) is 0.261. The summed E-state index contributed by atoms with van der Waals surface area (Å²) in [4.78, 5) is 25.6. The Morgan fingerprint density at radius 2 is 2.09 bits per heavy atom. The van der Waals surface area contributed by atoms with Crippen molar-refractivity contribution in [3.05, 3.63) is 62.2 Å². The number of rotatable bonds is 3. The maximum absolute atomic E-state index is 13.7. The summed E-state index contributed by atoms with van der Waals surface area (Å²) in [6.45, 7) is 5.09. The van der Waals surface area contributed by atoms with Gasteiger partial charge in [-0.2, -0.15) is 0 Å². The summed E-state index contributed by atoms with van der Waals surface area (Å²) in [6, 6.07) is 5.66. The molecule has 0 saturated heterocycles. The van der Waals surface area contributed by atoms with E-state index in [0.29, 0.717) is 40.5 Å². The van der Waals surface area contributed by atoms with Crippen molar-refractivity contribution in [1.29, 1.82) is 0 Å². The van der Waals surface area contributed by atoms with Gasteiger partial charge in [0.15, 0.2) is 0 Å². The van der Waals surface area contributed by atoms with E-state index >= 15 is 0 Å². The highest BCUT2D eigenvalue weighted by Crippen LogP contribution is 2.37. The second-order valence-electron chi connectivity index (χ2n) is 7.88. The minimum Gasteiger partial charge on any atom is -0.496 e. The number of nitrogens with two attached hydrogens (primary N) is 1. The lowest BCUT2D eigenvalue weighted by Gasteiger charge is -2.26. The summed E-state index contributed by atoms with van der Waals surface area (Å²) in [5, 5.41) is 1.09. The van der Waals surface area contributed by atoms with E-state index < -0.39 is 0 Å². The molecule has 0 radical (unpaired) electrons. The van der Waals surface area contributed by atoms with E-state index in [9.17, 15) is 4.79 Å². The first-order valence-corrected chi connectivity index (χ1v) is 11.5. The third kappa shape index (κ3) is 3.13. The number of hydrogen-bond donors (Lipinski definition) is 1. The summed E-state index contributed by atoms with van der Waals surface area (Å²) < 4.78 is 7.37. The van der Waals surface area contributed by atoms with Crippen molar-refractivity contribution in [3.8, 4) is 11.4 Å². The molecule has 9 heteroatoms. The van der Waals surface area contributed by atoms with E-state index in [0.717, 1.165) is 39.6 Å². The van der Waals surface area contributed by atoms with E-state index in [1.54, 1.807) is 30.7 Å². The van der Waals surface area contributed by atoms with Crippen LogP contribution in [0.5, 0.6) is 5.75 Å². The van der Waals surface area contributed by atoms with Crippen LogP contribution in [0.3, 0.4) is 0 Å². The molecule has 0 bridgehead atoms. The number of nitrogens with zero attached hydrogens (tertiary/aromatic N) is 4. The van der Waals surface area contributed by atoms with Gasteiger partial charge in [0, 0.05) is 35.0 Å². The zero-order chi connectivity index (χ0) is 22.6. The van der Waals surface area contributed by atoms with Gasteiger partial charge in [0.05, 0.1) is 41.1 Å².